The van der Waals surface area contributed by atoms with Crippen LogP contribution in [-0.2, 0) is 0 Å². The molecular formula is C10H14N4O. The fraction of sp³-hybridized carbons (Fsp3) is 0.400. The third-order valence-corrected chi connectivity index (χ3v) is 2.31. The first kappa shape index (κ1) is 9.92. The van der Waals surface area contributed by atoms with Crippen molar-refractivity contribution in [2.45, 2.75) is 6.42 Å². The Morgan fingerprint density at radius 1 is 1.47 bits per heavy atom. The number of nitrogens with zero attached hydrogens (tertiary/aromatic N) is 3. The second-order valence-electron chi connectivity index (χ2n) is 3.47. The summed E-state index contributed by atoms with van der Waals surface area (Å²) in [5.74, 6) is 0.882. The van der Waals surface area contributed by atoms with Crippen molar-refractivity contribution < 1.29 is 4.52 Å². The van der Waals surface area contributed by atoms with Crippen LogP contribution < -0.4 is 10.6 Å². The zero-order valence-corrected chi connectivity index (χ0v) is 8.68. The molecule has 0 aromatic carbocycles. The Balaban J connectivity index is 2.19. The van der Waals surface area contributed by atoms with E-state index in [1.54, 1.807) is 12.4 Å². The van der Waals surface area contributed by atoms with Crippen LogP contribution in [0.25, 0.3) is 11.0 Å². The number of pyridine rings is 1. The molecule has 0 saturated heterocycles. The van der Waals surface area contributed by atoms with Gasteiger partial charge in [-0.05, 0) is 13.0 Å². The van der Waals surface area contributed by atoms with E-state index in [4.69, 9.17) is 10.3 Å². The Morgan fingerprint density at radius 2 is 2.33 bits per heavy atom. The number of fused-ring (bicyclic) bond motifs is 1. The molecular weight excluding hydrogens is 192 g/mol. The summed E-state index contributed by atoms with van der Waals surface area (Å²) in [6.07, 6.45) is 4.37. The second kappa shape index (κ2) is 4.27. The van der Waals surface area contributed by atoms with Gasteiger partial charge in [0.2, 0.25) is 0 Å². The molecule has 0 radical (unpaired) electrons. The van der Waals surface area contributed by atoms with Gasteiger partial charge in [-0.3, -0.25) is 0 Å². The standard InChI is InChI=1S/C10H14N4O/c1-14(4-2-3-11)10-5-9-8(6-12-10)7-13-15-9/h5-7H,2-4,11H2,1H3. The van der Waals surface area contributed by atoms with Gasteiger partial charge in [0.05, 0.1) is 11.6 Å². The summed E-state index contributed by atoms with van der Waals surface area (Å²) in [5.41, 5.74) is 6.22. The number of hydrogen-bond donors (Lipinski definition) is 1. The molecule has 0 amide bonds. The summed E-state index contributed by atoms with van der Waals surface area (Å²) in [6.45, 7) is 1.58. The van der Waals surface area contributed by atoms with Gasteiger partial charge in [0.25, 0.3) is 0 Å². The van der Waals surface area contributed by atoms with E-state index >= 15 is 0 Å². The molecule has 0 unspecified atom stereocenters. The molecule has 2 heterocycles. The average Bonchev–Trinajstić information content (AvgIpc) is 2.72. The van der Waals surface area contributed by atoms with E-state index in [0.29, 0.717) is 6.54 Å². The highest BCUT2D eigenvalue weighted by atomic mass is 16.5. The number of aromatic nitrogens is 2. The van der Waals surface area contributed by atoms with Gasteiger partial charge >= 0.3 is 0 Å². The molecule has 80 valence electrons. The lowest BCUT2D eigenvalue weighted by Gasteiger charge is -2.16. The molecule has 0 atom stereocenters. The second-order valence-corrected chi connectivity index (χ2v) is 3.47. The summed E-state index contributed by atoms with van der Waals surface area (Å²) in [6, 6.07) is 1.89. The van der Waals surface area contributed by atoms with E-state index in [-0.39, 0.29) is 0 Å². The number of nitrogens with two attached hydrogens (primary N) is 1. The summed E-state index contributed by atoms with van der Waals surface area (Å²) in [7, 11) is 1.99. The third-order valence-electron chi connectivity index (χ3n) is 2.31. The zero-order chi connectivity index (χ0) is 10.7. The lowest BCUT2D eigenvalue weighted by atomic mass is 10.3. The molecule has 2 N–H and O–H groups in total. The zero-order valence-electron chi connectivity index (χ0n) is 8.68. The molecule has 2 aromatic rings. The maximum absolute atomic E-state index is 5.45. The molecule has 0 saturated carbocycles. The Bertz CT molecular complexity index is 440. The van der Waals surface area contributed by atoms with Gasteiger partial charge < -0.3 is 15.2 Å². The minimum atomic E-state index is 0.689. The van der Waals surface area contributed by atoms with E-state index in [2.05, 4.69) is 15.0 Å². The van der Waals surface area contributed by atoms with E-state index in [9.17, 15) is 0 Å². The smallest absolute Gasteiger partial charge is 0.172 e. The highest BCUT2D eigenvalue weighted by Gasteiger charge is 2.05. The van der Waals surface area contributed by atoms with E-state index < -0.39 is 0 Å². The Kier molecular flexibility index (Phi) is 2.82. The van der Waals surface area contributed by atoms with Crippen molar-refractivity contribution in [3.05, 3.63) is 18.5 Å². The average molecular weight is 206 g/mol. The summed E-state index contributed by atoms with van der Waals surface area (Å²) in [4.78, 5) is 6.37. The minimum absolute atomic E-state index is 0.689. The van der Waals surface area contributed by atoms with Crippen molar-refractivity contribution in [2.75, 3.05) is 25.0 Å². The summed E-state index contributed by atoms with van der Waals surface area (Å²) < 4.78 is 5.07. The fourth-order valence-electron chi connectivity index (χ4n) is 1.40. The molecule has 15 heavy (non-hydrogen) atoms. The van der Waals surface area contributed by atoms with Crippen LogP contribution in [0.15, 0.2) is 23.0 Å². The van der Waals surface area contributed by atoms with Crippen molar-refractivity contribution in [3.8, 4) is 0 Å². The topological polar surface area (TPSA) is 68.2 Å². The molecule has 5 nitrogen and oxygen atoms in total. The Morgan fingerprint density at radius 3 is 3.13 bits per heavy atom. The molecule has 2 aromatic heterocycles. The quantitative estimate of drug-likeness (QED) is 0.808. The maximum Gasteiger partial charge on any atom is 0.172 e. The number of hydrogen-bond acceptors (Lipinski definition) is 5. The molecule has 0 spiro atoms. The van der Waals surface area contributed by atoms with Gasteiger partial charge in [-0.2, -0.15) is 0 Å². The van der Waals surface area contributed by atoms with Gasteiger partial charge in [-0.15, -0.1) is 0 Å². The first-order chi connectivity index (χ1) is 7.31. The molecule has 0 fully saturated rings. The molecule has 0 aliphatic rings. The fourth-order valence-corrected chi connectivity index (χ4v) is 1.40. The van der Waals surface area contributed by atoms with E-state index in [1.165, 1.54) is 0 Å². The van der Waals surface area contributed by atoms with Gasteiger partial charge in [-0.25, -0.2) is 4.98 Å². The first-order valence-corrected chi connectivity index (χ1v) is 4.93. The van der Waals surface area contributed by atoms with Crippen LogP contribution in [0, 0.1) is 0 Å². The van der Waals surface area contributed by atoms with Crippen LogP contribution in [0.3, 0.4) is 0 Å². The number of rotatable bonds is 4. The van der Waals surface area contributed by atoms with Crippen molar-refractivity contribution in [3.63, 3.8) is 0 Å². The van der Waals surface area contributed by atoms with E-state index in [1.807, 2.05) is 13.1 Å². The van der Waals surface area contributed by atoms with Gasteiger partial charge in [0.1, 0.15) is 5.82 Å². The van der Waals surface area contributed by atoms with Crippen molar-refractivity contribution in [1.82, 2.24) is 10.1 Å². The predicted octanol–water partition coefficient (Wildman–Crippen LogP) is 1.01. The lowest BCUT2D eigenvalue weighted by Crippen LogP contribution is -2.21. The third kappa shape index (κ3) is 2.07. The summed E-state index contributed by atoms with van der Waals surface area (Å²) in [5, 5.41) is 4.63. The SMILES string of the molecule is CN(CCCN)c1cc2oncc2cn1. The normalized spacial score (nSPS) is 10.8. The van der Waals surface area contributed by atoms with E-state index in [0.717, 1.165) is 29.8 Å². The summed E-state index contributed by atoms with van der Waals surface area (Å²) >= 11 is 0. The van der Waals surface area contributed by atoms with Crippen LogP contribution >= 0.6 is 0 Å². The molecule has 0 bridgehead atoms. The maximum atomic E-state index is 5.45. The van der Waals surface area contributed by atoms with Crippen LogP contribution in [0.5, 0.6) is 0 Å². The van der Waals surface area contributed by atoms with Crippen LogP contribution in [0.2, 0.25) is 0 Å². The predicted molar refractivity (Wildman–Crippen MR) is 58.7 cm³/mol. The molecule has 2 rings (SSSR count). The Hall–Kier alpha value is -1.62. The monoisotopic (exact) mass is 206 g/mol. The van der Waals surface area contributed by atoms with Gasteiger partial charge in [0.15, 0.2) is 5.58 Å². The minimum Gasteiger partial charge on any atom is -0.360 e. The van der Waals surface area contributed by atoms with Crippen molar-refractivity contribution in [1.29, 1.82) is 0 Å². The number of anilines is 1. The van der Waals surface area contributed by atoms with Gasteiger partial charge in [-0.1, -0.05) is 5.16 Å². The first-order valence-electron chi connectivity index (χ1n) is 4.93. The van der Waals surface area contributed by atoms with Crippen molar-refractivity contribution >= 4 is 16.8 Å². The highest BCUT2D eigenvalue weighted by Crippen LogP contribution is 2.17. The molecule has 5 heteroatoms. The van der Waals surface area contributed by atoms with Crippen LogP contribution in [0.4, 0.5) is 5.82 Å². The lowest BCUT2D eigenvalue weighted by molar-refractivity contribution is 0.456. The van der Waals surface area contributed by atoms with Gasteiger partial charge in [0, 0.05) is 25.9 Å². The molecule has 0 aliphatic carbocycles. The Labute approximate surface area is 87.9 Å². The van der Waals surface area contributed by atoms with Crippen LogP contribution in [-0.4, -0.2) is 30.3 Å². The highest BCUT2D eigenvalue weighted by molar-refractivity contribution is 5.77. The van der Waals surface area contributed by atoms with Crippen molar-refractivity contribution in [2.24, 2.45) is 5.73 Å². The largest absolute Gasteiger partial charge is 0.360 e. The van der Waals surface area contributed by atoms with Crippen LogP contribution in [0.1, 0.15) is 6.42 Å². The molecule has 0 aliphatic heterocycles.